The number of amides is 3. The average molecular weight is 555 g/mol. The minimum absolute atomic E-state index is 0.000885. The molecule has 2 aromatic rings. The molecule has 2 bridgehead atoms. The lowest BCUT2D eigenvalue weighted by atomic mass is 10.1. The van der Waals surface area contributed by atoms with Crippen LogP contribution in [0.4, 0.5) is 21.0 Å². The van der Waals surface area contributed by atoms with Gasteiger partial charge in [-0.25, -0.2) is 14.6 Å². The van der Waals surface area contributed by atoms with Crippen molar-refractivity contribution in [2.75, 3.05) is 24.4 Å². The molecule has 1 aliphatic heterocycles. The number of aromatic nitrogens is 2. The number of fused-ring (bicyclic) bond motifs is 4. The lowest BCUT2D eigenvalue weighted by molar-refractivity contribution is -0.116. The van der Waals surface area contributed by atoms with Gasteiger partial charge in [0.05, 0.1) is 18.8 Å². The smallest absolute Gasteiger partial charge is 0.411 e. The number of carboxylic acid groups (broad SMARTS) is 1. The summed E-state index contributed by atoms with van der Waals surface area (Å²) in [5.41, 5.74) is 1.52. The van der Waals surface area contributed by atoms with Crippen molar-refractivity contribution in [1.82, 2.24) is 14.9 Å². The highest BCUT2D eigenvalue weighted by molar-refractivity contribution is 6.76. The number of anilines is 2. The van der Waals surface area contributed by atoms with Gasteiger partial charge in [-0.1, -0.05) is 31.8 Å². The maximum Gasteiger partial charge on any atom is 0.411 e. The maximum atomic E-state index is 12.7. The van der Waals surface area contributed by atoms with Gasteiger partial charge in [-0.3, -0.25) is 14.7 Å². The highest BCUT2D eigenvalue weighted by Gasteiger charge is 2.27. The summed E-state index contributed by atoms with van der Waals surface area (Å²) in [6.45, 7) is 7.18. The third-order valence-electron chi connectivity index (χ3n) is 5.99. The first-order valence-corrected chi connectivity index (χ1v) is 16.2. The monoisotopic (exact) mass is 554 g/mol. The number of hydrogen-bond donors (Lipinski definition) is 4. The third-order valence-corrected chi connectivity index (χ3v) is 7.69. The van der Waals surface area contributed by atoms with Crippen molar-refractivity contribution >= 4 is 37.5 Å². The number of hydrogen-bond acceptors (Lipinski definition) is 7. The average Bonchev–Trinajstić information content (AvgIpc) is 3.22. The molecule has 0 radical (unpaired) electrons. The number of benzene rings is 1. The van der Waals surface area contributed by atoms with Crippen LogP contribution in [0.1, 0.15) is 36.8 Å². The zero-order valence-electron chi connectivity index (χ0n) is 22.5. The number of methoxy groups -OCH3 is 1. The van der Waals surface area contributed by atoms with Crippen LogP contribution in [0.2, 0.25) is 25.7 Å². The van der Waals surface area contributed by atoms with Gasteiger partial charge in [-0.15, -0.1) is 0 Å². The zero-order valence-corrected chi connectivity index (χ0v) is 23.5. The fourth-order valence-corrected chi connectivity index (χ4v) is 4.71. The highest BCUT2D eigenvalue weighted by atomic mass is 28.3. The molecule has 0 saturated carbocycles. The van der Waals surface area contributed by atoms with Crippen LogP contribution in [0.25, 0.3) is 11.3 Å². The number of nitrogens with zero attached hydrogens (tertiary/aromatic N) is 3. The minimum atomic E-state index is -1.37. The maximum absolute atomic E-state index is 12.7. The van der Waals surface area contributed by atoms with Crippen LogP contribution in [-0.4, -0.2) is 54.5 Å². The van der Waals surface area contributed by atoms with E-state index in [1.807, 2.05) is 0 Å². The summed E-state index contributed by atoms with van der Waals surface area (Å²) in [4.78, 5) is 40.9. The molecule has 1 aliphatic rings. The van der Waals surface area contributed by atoms with Gasteiger partial charge in [0.2, 0.25) is 5.91 Å². The summed E-state index contributed by atoms with van der Waals surface area (Å²) in [5.74, 6) is 0.0401. The molecule has 208 valence electrons. The Morgan fingerprint density at radius 2 is 2.08 bits per heavy atom. The lowest BCUT2D eigenvalue weighted by Gasteiger charge is -2.19. The summed E-state index contributed by atoms with van der Waals surface area (Å²) in [5, 5.41) is 27.7. The van der Waals surface area contributed by atoms with Gasteiger partial charge in [0.1, 0.15) is 30.0 Å². The first-order valence-electron chi connectivity index (χ1n) is 12.5. The van der Waals surface area contributed by atoms with Gasteiger partial charge in [-0.05, 0) is 37.1 Å². The van der Waals surface area contributed by atoms with Crippen molar-refractivity contribution in [1.29, 1.82) is 5.26 Å². The Kier molecular flexibility index (Phi) is 9.86. The molecular weight excluding hydrogens is 520 g/mol. The van der Waals surface area contributed by atoms with Crippen LogP contribution in [0, 0.1) is 11.3 Å². The Morgan fingerprint density at radius 3 is 2.74 bits per heavy atom. The van der Waals surface area contributed by atoms with Crippen molar-refractivity contribution in [2.45, 2.75) is 57.7 Å². The topological polar surface area (TPSA) is 168 Å². The van der Waals surface area contributed by atoms with Crippen LogP contribution in [0.15, 0.2) is 30.4 Å². The van der Waals surface area contributed by atoms with Crippen LogP contribution in [0.3, 0.4) is 0 Å². The zero-order chi connectivity index (χ0) is 28.6. The van der Waals surface area contributed by atoms with Crippen LogP contribution < -0.4 is 16.0 Å². The third kappa shape index (κ3) is 8.16. The van der Waals surface area contributed by atoms with E-state index >= 15 is 0 Å². The number of ether oxygens (including phenoxy) is 2. The Morgan fingerprint density at radius 1 is 1.31 bits per heavy atom. The summed E-state index contributed by atoms with van der Waals surface area (Å²) in [6.07, 6.45) is 2.54. The highest BCUT2D eigenvalue weighted by Crippen LogP contribution is 2.35. The minimum Gasteiger partial charge on any atom is -0.465 e. The molecule has 1 aromatic carbocycles. The summed E-state index contributed by atoms with van der Waals surface area (Å²) >= 11 is 0. The summed E-state index contributed by atoms with van der Waals surface area (Å²) in [6, 6.07) is 7.11. The van der Waals surface area contributed by atoms with Crippen molar-refractivity contribution in [3.63, 3.8) is 0 Å². The van der Waals surface area contributed by atoms with Crippen LogP contribution >= 0.6 is 0 Å². The largest absolute Gasteiger partial charge is 0.465 e. The number of carbonyl (C=O) groups is 3. The molecule has 1 atom stereocenters. The number of allylic oxidation sites excluding steroid dienone is 1. The van der Waals surface area contributed by atoms with E-state index in [1.54, 1.807) is 34.9 Å². The van der Waals surface area contributed by atoms with E-state index in [9.17, 15) is 24.8 Å². The lowest BCUT2D eigenvalue weighted by Crippen LogP contribution is -2.29. The molecule has 0 saturated heterocycles. The number of carbonyl (C=O) groups excluding carboxylic acids is 2. The predicted molar refractivity (Wildman–Crippen MR) is 148 cm³/mol. The quantitative estimate of drug-likeness (QED) is 0.213. The van der Waals surface area contributed by atoms with Crippen LogP contribution in [0.5, 0.6) is 0 Å². The second-order valence-electron chi connectivity index (χ2n) is 10.2. The van der Waals surface area contributed by atoms with Gasteiger partial charge in [0.25, 0.3) is 0 Å². The van der Waals surface area contributed by atoms with Gasteiger partial charge < -0.3 is 25.2 Å². The number of imidazole rings is 1. The van der Waals surface area contributed by atoms with E-state index in [0.29, 0.717) is 35.8 Å². The molecule has 2 heterocycles. The van der Waals surface area contributed by atoms with E-state index in [0.717, 1.165) is 6.04 Å². The van der Waals surface area contributed by atoms with Crippen molar-refractivity contribution in [2.24, 2.45) is 0 Å². The molecule has 0 unspecified atom stereocenters. The molecule has 3 amide bonds. The first-order chi connectivity index (χ1) is 18.5. The summed E-state index contributed by atoms with van der Waals surface area (Å²) in [7, 11) is -0.131. The van der Waals surface area contributed by atoms with Crippen LogP contribution in [-0.2, 0) is 21.0 Å². The number of nitrogens with one attached hydrogen (secondary N) is 3. The van der Waals surface area contributed by atoms with Crippen molar-refractivity contribution in [3.05, 3.63) is 41.9 Å². The fourth-order valence-electron chi connectivity index (χ4n) is 3.96. The van der Waals surface area contributed by atoms with Gasteiger partial charge in [0, 0.05) is 32.4 Å². The SMILES string of the molecule is COC(=O)Nc1ccc2c(c1)NC(=O)CCC=CC[C@H](NC(=O)O)c1nc-2c(C#N)n1COCC[Si](C)(C)C. The van der Waals surface area contributed by atoms with Crippen molar-refractivity contribution < 1.29 is 29.0 Å². The van der Waals surface area contributed by atoms with Gasteiger partial charge >= 0.3 is 12.2 Å². The van der Waals surface area contributed by atoms with E-state index in [1.165, 1.54) is 7.11 Å². The Labute approximate surface area is 228 Å². The Bertz CT molecular complexity index is 1290. The molecule has 13 heteroatoms. The molecule has 0 fully saturated rings. The standard InChI is InChI=1S/C26H34N6O6Si/c1-37-26(36)28-17-10-11-18-20(14-17)29-22(33)9-7-5-6-8-19(30-25(34)35)24-31-23(18)21(15-27)32(24)16-38-12-13-39(2,3)4/h5-6,10-11,14,19,30H,7-9,12-13,16H2,1-4H3,(H,28,36)(H,29,33)(H,34,35)/t19-/m0/s1. The van der Waals surface area contributed by atoms with E-state index in [2.05, 4.69) is 46.4 Å². The Hall–Kier alpha value is -4.15. The molecule has 12 nitrogen and oxygen atoms in total. The molecule has 0 aliphatic carbocycles. The first kappa shape index (κ1) is 29.4. The normalized spacial score (nSPS) is 15.5. The fraction of sp³-hybridized carbons (Fsp3) is 0.423. The van der Waals surface area contributed by atoms with Crippen molar-refractivity contribution in [3.8, 4) is 17.3 Å². The van der Waals surface area contributed by atoms with E-state index in [4.69, 9.17) is 9.72 Å². The predicted octanol–water partition coefficient (Wildman–Crippen LogP) is 4.90. The molecule has 3 rings (SSSR count). The Balaban J connectivity index is 2.17. The molecule has 39 heavy (non-hydrogen) atoms. The second-order valence-corrected chi connectivity index (χ2v) is 15.8. The molecule has 1 aromatic heterocycles. The van der Waals surface area contributed by atoms with E-state index in [-0.39, 0.29) is 36.9 Å². The summed E-state index contributed by atoms with van der Waals surface area (Å²) < 4.78 is 12.2. The molecular formula is C26H34N6O6Si. The van der Waals surface area contributed by atoms with Gasteiger partial charge in [0.15, 0.2) is 0 Å². The number of rotatable bonds is 7. The molecule has 0 spiro atoms. The van der Waals surface area contributed by atoms with Gasteiger partial charge in [-0.2, -0.15) is 5.26 Å². The second kappa shape index (κ2) is 13.1. The number of nitriles is 1. The van der Waals surface area contributed by atoms with E-state index < -0.39 is 26.3 Å². The molecule has 4 N–H and O–H groups in total.